The van der Waals surface area contributed by atoms with Crippen molar-refractivity contribution in [2.45, 2.75) is 37.6 Å². The van der Waals surface area contributed by atoms with Crippen LogP contribution < -0.4 is 4.72 Å². The summed E-state index contributed by atoms with van der Waals surface area (Å²) in [5.41, 5.74) is 0.971. The largest absolute Gasteiger partial charge is 0.331 e. The lowest BCUT2D eigenvalue weighted by Crippen LogP contribution is -2.44. The van der Waals surface area contributed by atoms with Crippen molar-refractivity contribution < 1.29 is 13.2 Å². The van der Waals surface area contributed by atoms with Crippen molar-refractivity contribution in [3.05, 3.63) is 29.8 Å². The van der Waals surface area contributed by atoms with Crippen LogP contribution >= 0.6 is 0 Å². The molecule has 6 heteroatoms. The van der Waals surface area contributed by atoms with E-state index < -0.39 is 16.1 Å². The first kappa shape index (κ1) is 13.9. The van der Waals surface area contributed by atoms with Crippen molar-refractivity contribution in [3.63, 3.8) is 0 Å². The van der Waals surface area contributed by atoms with Gasteiger partial charge < -0.3 is 4.90 Å². The number of hydrogen-bond donors (Lipinski definition) is 1. The summed E-state index contributed by atoms with van der Waals surface area (Å²) in [5.74, 6) is 0. The standard InChI is InChI=1S/C13H18N2O3S/c1-10-5-7-12(8-6-10)19(17,18)14-13(16)15-9-3-4-11(15)2/h5-8,11H,3-4,9H2,1-2H3,(H,14,16). The van der Waals surface area contributed by atoms with Gasteiger partial charge in [0.2, 0.25) is 0 Å². The number of rotatable bonds is 2. The normalized spacial score (nSPS) is 19.5. The summed E-state index contributed by atoms with van der Waals surface area (Å²) in [6, 6.07) is 5.96. The van der Waals surface area contributed by atoms with Crippen LogP contribution in [0.3, 0.4) is 0 Å². The van der Waals surface area contributed by atoms with Crippen LogP contribution in [0.2, 0.25) is 0 Å². The topological polar surface area (TPSA) is 66.5 Å². The van der Waals surface area contributed by atoms with Crippen LogP contribution in [-0.2, 0) is 10.0 Å². The molecule has 5 nitrogen and oxygen atoms in total. The van der Waals surface area contributed by atoms with Gasteiger partial charge in [-0.2, -0.15) is 0 Å². The minimum atomic E-state index is -3.78. The van der Waals surface area contributed by atoms with Gasteiger partial charge in [0.15, 0.2) is 0 Å². The van der Waals surface area contributed by atoms with Crippen LogP contribution in [0.15, 0.2) is 29.2 Å². The molecule has 1 aromatic rings. The number of nitrogens with zero attached hydrogens (tertiary/aromatic N) is 1. The monoisotopic (exact) mass is 282 g/mol. The van der Waals surface area contributed by atoms with Crippen LogP contribution in [0.5, 0.6) is 0 Å². The molecule has 1 unspecified atom stereocenters. The summed E-state index contributed by atoms with van der Waals surface area (Å²) in [4.78, 5) is 13.6. The molecule has 104 valence electrons. The van der Waals surface area contributed by atoms with E-state index in [1.165, 1.54) is 12.1 Å². The minimum absolute atomic E-state index is 0.0909. The molecule has 0 bridgehead atoms. The molecule has 1 saturated heterocycles. The first-order valence-electron chi connectivity index (χ1n) is 6.30. The van der Waals surface area contributed by atoms with Gasteiger partial charge >= 0.3 is 6.03 Å². The van der Waals surface area contributed by atoms with Crippen LogP contribution in [0, 0.1) is 6.92 Å². The number of aryl methyl sites for hydroxylation is 1. The molecule has 1 atom stereocenters. The SMILES string of the molecule is Cc1ccc(S(=O)(=O)NC(=O)N2CCCC2C)cc1. The molecule has 1 aliphatic heterocycles. The van der Waals surface area contributed by atoms with Crippen molar-refractivity contribution in [1.29, 1.82) is 0 Å². The zero-order valence-corrected chi connectivity index (χ0v) is 11.9. The van der Waals surface area contributed by atoms with Crippen molar-refractivity contribution >= 4 is 16.1 Å². The van der Waals surface area contributed by atoms with Crippen molar-refractivity contribution in [2.24, 2.45) is 0 Å². The summed E-state index contributed by atoms with van der Waals surface area (Å²) in [7, 11) is -3.78. The summed E-state index contributed by atoms with van der Waals surface area (Å²) in [6.07, 6.45) is 1.83. The zero-order valence-electron chi connectivity index (χ0n) is 11.1. The van der Waals surface area contributed by atoms with Crippen molar-refractivity contribution in [3.8, 4) is 0 Å². The fourth-order valence-corrected chi connectivity index (χ4v) is 3.14. The Balaban J connectivity index is 2.13. The number of benzene rings is 1. The van der Waals surface area contributed by atoms with Gasteiger partial charge in [0.05, 0.1) is 4.90 Å². The molecule has 0 aliphatic carbocycles. The fourth-order valence-electron chi connectivity index (χ4n) is 2.18. The van der Waals surface area contributed by atoms with Crippen LogP contribution in [0.1, 0.15) is 25.3 Å². The van der Waals surface area contributed by atoms with E-state index in [4.69, 9.17) is 0 Å². The molecule has 0 aromatic heterocycles. The lowest BCUT2D eigenvalue weighted by molar-refractivity contribution is 0.202. The van der Waals surface area contributed by atoms with Gasteiger partial charge in [-0.05, 0) is 38.8 Å². The molecule has 1 fully saturated rings. The van der Waals surface area contributed by atoms with E-state index in [2.05, 4.69) is 4.72 Å². The third-order valence-electron chi connectivity index (χ3n) is 3.37. The van der Waals surface area contributed by atoms with Gasteiger partial charge in [-0.15, -0.1) is 0 Å². The Hall–Kier alpha value is -1.56. The van der Waals surface area contributed by atoms with Crippen LogP contribution in [-0.4, -0.2) is 31.9 Å². The summed E-state index contributed by atoms with van der Waals surface area (Å²) in [6.45, 7) is 4.41. The Bertz CT molecular complexity index is 566. The Kier molecular flexibility index (Phi) is 3.80. The van der Waals surface area contributed by atoms with E-state index in [0.717, 1.165) is 18.4 Å². The predicted molar refractivity (Wildman–Crippen MR) is 72.3 cm³/mol. The maximum atomic E-state index is 12.1. The number of nitrogens with one attached hydrogen (secondary N) is 1. The Morgan fingerprint density at radius 3 is 2.47 bits per heavy atom. The zero-order chi connectivity index (χ0) is 14.0. The molecular formula is C13H18N2O3S. The fraction of sp³-hybridized carbons (Fsp3) is 0.462. The molecular weight excluding hydrogens is 264 g/mol. The Morgan fingerprint density at radius 1 is 1.32 bits per heavy atom. The average molecular weight is 282 g/mol. The minimum Gasteiger partial charge on any atom is -0.321 e. The van der Waals surface area contributed by atoms with Crippen molar-refractivity contribution in [1.82, 2.24) is 9.62 Å². The highest BCUT2D eigenvalue weighted by Gasteiger charge is 2.28. The first-order valence-corrected chi connectivity index (χ1v) is 7.78. The highest BCUT2D eigenvalue weighted by atomic mass is 32.2. The van der Waals surface area contributed by atoms with Crippen LogP contribution in [0.4, 0.5) is 4.79 Å². The molecule has 1 aromatic carbocycles. The second-order valence-corrected chi connectivity index (χ2v) is 6.59. The van der Waals surface area contributed by atoms with Gasteiger partial charge in [0, 0.05) is 12.6 Å². The number of carbonyl (C=O) groups is 1. The smallest absolute Gasteiger partial charge is 0.321 e. The predicted octanol–water partition coefficient (Wildman–Crippen LogP) is 1.88. The van der Waals surface area contributed by atoms with Gasteiger partial charge in [-0.1, -0.05) is 17.7 Å². The van der Waals surface area contributed by atoms with E-state index in [1.54, 1.807) is 17.0 Å². The van der Waals surface area contributed by atoms with E-state index in [-0.39, 0.29) is 10.9 Å². The van der Waals surface area contributed by atoms with E-state index >= 15 is 0 Å². The van der Waals surface area contributed by atoms with Gasteiger partial charge in [0.25, 0.3) is 10.0 Å². The molecule has 0 radical (unpaired) electrons. The summed E-state index contributed by atoms with van der Waals surface area (Å²) < 4.78 is 26.2. The molecule has 1 N–H and O–H groups in total. The molecule has 1 aliphatic rings. The molecule has 1 heterocycles. The number of sulfonamides is 1. The lowest BCUT2D eigenvalue weighted by Gasteiger charge is -2.21. The number of hydrogen-bond acceptors (Lipinski definition) is 3. The third-order valence-corrected chi connectivity index (χ3v) is 4.70. The maximum Gasteiger partial charge on any atom is 0.331 e. The second-order valence-electron chi connectivity index (χ2n) is 4.91. The van der Waals surface area contributed by atoms with Gasteiger partial charge in [-0.25, -0.2) is 17.9 Å². The third kappa shape index (κ3) is 3.07. The number of likely N-dealkylation sites (tertiary alicyclic amines) is 1. The highest BCUT2D eigenvalue weighted by molar-refractivity contribution is 7.90. The molecule has 2 rings (SSSR count). The van der Waals surface area contributed by atoms with Gasteiger partial charge in [-0.3, -0.25) is 0 Å². The summed E-state index contributed by atoms with van der Waals surface area (Å²) >= 11 is 0. The Morgan fingerprint density at radius 2 is 1.95 bits per heavy atom. The second kappa shape index (κ2) is 5.21. The first-order chi connectivity index (χ1) is 8.90. The van der Waals surface area contributed by atoms with Gasteiger partial charge in [0.1, 0.15) is 0 Å². The summed E-state index contributed by atoms with van der Waals surface area (Å²) in [5, 5.41) is 0. The van der Waals surface area contributed by atoms with Crippen molar-refractivity contribution in [2.75, 3.05) is 6.54 Å². The Labute approximate surface area is 113 Å². The lowest BCUT2D eigenvalue weighted by atomic mass is 10.2. The molecule has 0 saturated carbocycles. The van der Waals surface area contributed by atoms with E-state index in [1.807, 2.05) is 13.8 Å². The average Bonchev–Trinajstić information content (AvgIpc) is 2.75. The molecule has 19 heavy (non-hydrogen) atoms. The number of urea groups is 1. The highest BCUT2D eigenvalue weighted by Crippen LogP contribution is 2.17. The number of carbonyl (C=O) groups excluding carboxylic acids is 1. The molecule has 0 spiro atoms. The maximum absolute atomic E-state index is 12.1. The van der Waals surface area contributed by atoms with E-state index in [0.29, 0.717) is 6.54 Å². The van der Waals surface area contributed by atoms with E-state index in [9.17, 15) is 13.2 Å². The van der Waals surface area contributed by atoms with Crippen LogP contribution in [0.25, 0.3) is 0 Å². The quantitative estimate of drug-likeness (QED) is 0.900. The molecule has 2 amide bonds. The number of amides is 2.